The van der Waals surface area contributed by atoms with Crippen LogP contribution in [-0.4, -0.2) is 22.5 Å². The zero-order valence-corrected chi connectivity index (χ0v) is 10.4. The second-order valence-corrected chi connectivity index (χ2v) is 4.08. The van der Waals surface area contributed by atoms with E-state index < -0.39 is 23.8 Å². The van der Waals surface area contributed by atoms with Crippen LogP contribution in [0.25, 0.3) is 11.1 Å². The molecule has 0 amide bonds. The number of rotatable bonds is 3. The van der Waals surface area contributed by atoms with E-state index in [0.717, 1.165) is 12.1 Å². The van der Waals surface area contributed by atoms with E-state index >= 15 is 0 Å². The Labute approximate surface area is 117 Å². The maximum absolute atomic E-state index is 12.3. The molecule has 0 spiro atoms. The minimum absolute atomic E-state index is 0.00395. The molecular formula is C14H9F3O4. The number of hydrogen-bond acceptors (Lipinski definition) is 3. The van der Waals surface area contributed by atoms with Crippen molar-refractivity contribution in [2.75, 3.05) is 0 Å². The first kappa shape index (κ1) is 14.7. The summed E-state index contributed by atoms with van der Waals surface area (Å²) in [6.07, 6.45) is -4.87. The highest BCUT2D eigenvalue weighted by molar-refractivity contribution is 5.90. The lowest BCUT2D eigenvalue weighted by Gasteiger charge is -2.14. The number of aromatic carboxylic acids is 1. The molecule has 0 bridgehead atoms. The minimum Gasteiger partial charge on any atom is -0.507 e. The third-order valence-electron chi connectivity index (χ3n) is 2.65. The van der Waals surface area contributed by atoms with Crippen molar-refractivity contribution in [3.05, 3.63) is 48.0 Å². The summed E-state index contributed by atoms with van der Waals surface area (Å²) < 4.78 is 40.9. The second kappa shape index (κ2) is 5.35. The maximum atomic E-state index is 12.3. The van der Waals surface area contributed by atoms with Gasteiger partial charge in [-0.2, -0.15) is 0 Å². The van der Waals surface area contributed by atoms with Crippen molar-refractivity contribution in [3.63, 3.8) is 0 Å². The average molecular weight is 298 g/mol. The van der Waals surface area contributed by atoms with Gasteiger partial charge < -0.3 is 14.9 Å². The van der Waals surface area contributed by atoms with Crippen LogP contribution in [0.1, 0.15) is 10.4 Å². The van der Waals surface area contributed by atoms with E-state index in [2.05, 4.69) is 4.74 Å². The van der Waals surface area contributed by atoms with Crippen LogP contribution in [0, 0.1) is 0 Å². The number of benzene rings is 2. The van der Waals surface area contributed by atoms with Crippen molar-refractivity contribution in [2.24, 2.45) is 0 Å². The molecule has 0 atom stereocenters. The monoisotopic (exact) mass is 298 g/mol. The Bertz CT molecular complexity index is 680. The number of alkyl halides is 3. The van der Waals surface area contributed by atoms with E-state index in [1.165, 1.54) is 30.3 Å². The van der Waals surface area contributed by atoms with Crippen molar-refractivity contribution in [1.82, 2.24) is 0 Å². The number of carboxylic acids is 1. The first-order valence-corrected chi connectivity index (χ1v) is 5.69. The third kappa shape index (κ3) is 3.44. The van der Waals surface area contributed by atoms with E-state index in [1.54, 1.807) is 0 Å². The summed E-state index contributed by atoms with van der Waals surface area (Å²) in [4.78, 5) is 10.8. The van der Waals surface area contributed by atoms with E-state index in [1.807, 2.05) is 0 Å². The van der Waals surface area contributed by atoms with Crippen molar-refractivity contribution in [1.29, 1.82) is 0 Å². The number of aromatic hydroxyl groups is 1. The Kier molecular flexibility index (Phi) is 3.75. The van der Waals surface area contributed by atoms with Crippen molar-refractivity contribution >= 4 is 5.97 Å². The van der Waals surface area contributed by atoms with Gasteiger partial charge in [0.1, 0.15) is 11.5 Å². The molecule has 2 aromatic carbocycles. The molecule has 7 heteroatoms. The predicted molar refractivity (Wildman–Crippen MR) is 67.2 cm³/mol. The Morgan fingerprint density at radius 1 is 1.05 bits per heavy atom. The molecule has 21 heavy (non-hydrogen) atoms. The van der Waals surface area contributed by atoms with Crippen LogP contribution in [-0.2, 0) is 0 Å². The molecule has 0 heterocycles. The number of phenols is 1. The van der Waals surface area contributed by atoms with Gasteiger partial charge in [0, 0.05) is 11.1 Å². The fourth-order valence-corrected chi connectivity index (χ4v) is 1.80. The van der Waals surface area contributed by atoms with Gasteiger partial charge in [-0.3, -0.25) is 0 Å². The van der Waals surface area contributed by atoms with Crippen LogP contribution in [0.5, 0.6) is 11.5 Å². The predicted octanol–water partition coefficient (Wildman–Crippen LogP) is 3.66. The van der Waals surface area contributed by atoms with Crippen LogP contribution >= 0.6 is 0 Å². The molecule has 0 radical (unpaired) electrons. The Morgan fingerprint density at radius 3 is 2.29 bits per heavy atom. The highest BCUT2D eigenvalue weighted by Crippen LogP contribution is 2.38. The second-order valence-electron chi connectivity index (χ2n) is 4.08. The summed E-state index contributed by atoms with van der Waals surface area (Å²) in [7, 11) is 0. The number of hydrogen-bond donors (Lipinski definition) is 2. The minimum atomic E-state index is -4.87. The molecule has 0 aliphatic carbocycles. The zero-order valence-electron chi connectivity index (χ0n) is 10.4. The molecule has 4 nitrogen and oxygen atoms in total. The van der Waals surface area contributed by atoms with Crippen molar-refractivity contribution in [3.8, 4) is 22.6 Å². The van der Waals surface area contributed by atoms with Crippen LogP contribution < -0.4 is 4.74 Å². The molecule has 2 rings (SSSR count). The molecule has 110 valence electrons. The average Bonchev–Trinajstić information content (AvgIpc) is 2.37. The van der Waals surface area contributed by atoms with Crippen LogP contribution in [0.4, 0.5) is 13.2 Å². The van der Waals surface area contributed by atoms with E-state index in [9.17, 15) is 23.1 Å². The van der Waals surface area contributed by atoms with Crippen LogP contribution in [0.2, 0.25) is 0 Å². The van der Waals surface area contributed by atoms with E-state index in [0.29, 0.717) is 0 Å². The number of phenolic OH excluding ortho intramolecular Hbond substituents is 1. The standard InChI is InChI=1S/C14H9F3O4/c15-14(16,17)21-12-4-2-1-3-10(12)9-6-5-8(13(19)20)7-11(9)18/h1-7,18H,(H,19,20). The Hall–Kier alpha value is -2.70. The summed E-state index contributed by atoms with van der Waals surface area (Å²) >= 11 is 0. The van der Waals surface area contributed by atoms with Gasteiger partial charge in [-0.05, 0) is 24.3 Å². The molecule has 2 N–H and O–H groups in total. The van der Waals surface area contributed by atoms with E-state index in [-0.39, 0.29) is 16.7 Å². The van der Waals surface area contributed by atoms with Gasteiger partial charge in [0.2, 0.25) is 0 Å². The normalized spacial score (nSPS) is 11.2. The van der Waals surface area contributed by atoms with Gasteiger partial charge in [-0.25, -0.2) is 4.79 Å². The molecule has 0 aliphatic heterocycles. The number of para-hydroxylation sites is 1. The summed E-state index contributed by atoms with van der Waals surface area (Å²) in [5.41, 5.74) is -0.130. The lowest BCUT2D eigenvalue weighted by atomic mass is 10.0. The van der Waals surface area contributed by atoms with Crippen molar-refractivity contribution in [2.45, 2.75) is 6.36 Å². The third-order valence-corrected chi connectivity index (χ3v) is 2.65. The summed E-state index contributed by atoms with van der Waals surface area (Å²) in [5.74, 6) is -2.19. The van der Waals surface area contributed by atoms with E-state index in [4.69, 9.17) is 5.11 Å². The fourth-order valence-electron chi connectivity index (χ4n) is 1.80. The first-order valence-electron chi connectivity index (χ1n) is 5.69. The molecule has 0 aromatic heterocycles. The van der Waals surface area contributed by atoms with Gasteiger partial charge in [0.05, 0.1) is 5.56 Å². The molecule has 0 aliphatic rings. The zero-order chi connectivity index (χ0) is 15.6. The lowest BCUT2D eigenvalue weighted by molar-refractivity contribution is -0.274. The van der Waals surface area contributed by atoms with Gasteiger partial charge >= 0.3 is 12.3 Å². The summed E-state index contributed by atoms with van der Waals surface area (Å²) in [6, 6.07) is 8.63. The number of halogens is 3. The van der Waals surface area contributed by atoms with Crippen LogP contribution in [0.3, 0.4) is 0 Å². The van der Waals surface area contributed by atoms with Gasteiger partial charge in [-0.15, -0.1) is 13.2 Å². The smallest absolute Gasteiger partial charge is 0.507 e. The Morgan fingerprint density at radius 2 is 1.71 bits per heavy atom. The first-order chi connectivity index (χ1) is 9.78. The quantitative estimate of drug-likeness (QED) is 0.907. The Balaban J connectivity index is 2.50. The molecule has 2 aromatic rings. The SMILES string of the molecule is O=C(O)c1ccc(-c2ccccc2OC(F)(F)F)c(O)c1. The highest BCUT2D eigenvalue weighted by Gasteiger charge is 2.32. The van der Waals surface area contributed by atoms with Gasteiger partial charge in [0.25, 0.3) is 0 Å². The lowest BCUT2D eigenvalue weighted by Crippen LogP contribution is -2.17. The molecule has 0 fully saturated rings. The van der Waals surface area contributed by atoms with Gasteiger partial charge in [0.15, 0.2) is 0 Å². The number of carboxylic acid groups (broad SMARTS) is 1. The largest absolute Gasteiger partial charge is 0.573 e. The van der Waals surface area contributed by atoms with Gasteiger partial charge in [-0.1, -0.05) is 18.2 Å². The summed E-state index contributed by atoms with van der Waals surface area (Å²) in [5, 5.41) is 18.6. The summed E-state index contributed by atoms with van der Waals surface area (Å²) in [6.45, 7) is 0. The molecule has 0 unspecified atom stereocenters. The number of carbonyl (C=O) groups is 1. The topological polar surface area (TPSA) is 66.8 Å². The number of ether oxygens (including phenoxy) is 1. The molecular weight excluding hydrogens is 289 g/mol. The fraction of sp³-hybridized carbons (Fsp3) is 0.0714. The molecule has 0 saturated heterocycles. The van der Waals surface area contributed by atoms with Crippen LogP contribution in [0.15, 0.2) is 42.5 Å². The highest BCUT2D eigenvalue weighted by atomic mass is 19.4. The maximum Gasteiger partial charge on any atom is 0.573 e. The molecule has 0 saturated carbocycles. The van der Waals surface area contributed by atoms with Crippen molar-refractivity contribution < 1.29 is 32.9 Å².